The van der Waals surface area contributed by atoms with Gasteiger partial charge in [-0.05, 0) is 36.3 Å². The van der Waals surface area contributed by atoms with E-state index in [9.17, 15) is 0 Å². The first-order chi connectivity index (χ1) is 9.32. The Kier molecular flexibility index (Phi) is 3.81. The molecule has 1 saturated carbocycles. The Morgan fingerprint density at radius 3 is 2.40 bits per heavy atom. The first kappa shape index (κ1) is 14.9. The van der Waals surface area contributed by atoms with Gasteiger partial charge in [0.05, 0.1) is 0 Å². The highest BCUT2D eigenvalue weighted by atomic mass is 15.0. The third kappa shape index (κ3) is 2.41. The van der Waals surface area contributed by atoms with Crippen LogP contribution in [0.4, 0.5) is 0 Å². The summed E-state index contributed by atoms with van der Waals surface area (Å²) in [5, 5.41) is 0. The zero-order valence-corrected chi connectivity index (χ0v) is 13.5. The minimum Gasteiger partial charge on any atom is -0.401 e. The van der Waals surface area contributed by atoms with Crippen molar-refractivity contribution in [2.24, 2.45) is 22.1 Å². The van der Waals surface area contributed by atoms with E-state index in [1.165, 1.54) is 18.4 Å². The first-order valence-corrected chi connectivity index (χ1v) is 7.36. The van der Waals surface area contributed by atoms with Gasteiger partial charge in [0, 0.05) is 49.7 Å². The maximum absolute atomic E-state index is 6.39. The third-order valence-electron chi connectivity index (χ3n) is 4.33. The van der Waals surface area contributed by atoms with E-state index < -0.39 is 0 Å². The maximum Gasteiger partial charge on any atom is 0.0465 e. The van der Waals surface area contributed by atoms with Crippen molar-refractivity contribution in [3.63, 3.8) is 0 Å². The number of nitrogens with two attached hydrogens (primary N) is 1. The lowest BCUT2D eigenvalue weighted by Gasteiger charge is -2.32. The lowest BCUT2D eigenvalue weighted by molar-refractivity contribution is 0.520. The van der Waals surface area contributed by atoms with Gasteiger partial charge in [0.15, 0.2) is 0 Å². The molecule has 0 aromatic heterocycles. The van der Waals surface area contributed by atoms with Crippen LogP contribution in [-0.4, -0.2) is 31.8 Å². The fraction of sp³-hybridized carbons (Fsp3) is 0.588. The molecule has 0 atom stereocenters. The lowest BCUT2D eigenvalue weighted by atomic mass is 9.74. The molecule has 2 rings (SSSR count). The van der Waals surface area contributed by atoms with E-state index in [0.717, 1.165) is 29.0 Å². The molecule has 0 heterocycles. The van der Waals surface area contributed by atoms with Crippen LogP contribution >= 0.6 is 0 Å². The van der Waals surface area contributed by atoms with Crippen LogP contribution in [0.15, 0.2) is 40.2 Å². The highest BCUT2D eigenvalue weighted by molar-refractivity contribution is 6.07. The van der Waals surface area contributed by atoms with Crippen LogP contribution in [0.25, 0.3) is 0 Å². The van der Waals surface area contributed by atoms with Gasteiger partial charge in [-0.25, -0.2) is 0 Å². The number of hydrogen-bond donors (Lipinski definition) is 1. The van der Waals surface area contributed by atoms with E-state index >= 15 is 0 Å². The number of hydrogen-bond acceptors (Lipinski definition) is 3. The lowest BCUT2D eigenvalue weighted by Crippen LogP contribution is -2.28. The molecule has 0 unspecified atom stereocenters. The highest BCUT2D eigenvalue weighted by Crippen LogP contribution is 2.61. The molecule has 2 aliphatic rings. The third-order valence-corrected chi connectivity index (χ3v) is 4.33. The summed E-state index contributed by atoms with van der Waals surface area (Å²) in [4.78, 5) is 6.58. The second-order valence-electron chi connectivity index (χ2n) is 6.61. The molecule has 0 bridgehead atoms. The van der Waals surface area contributed by atoms with Crippen LogP contribution in [0.5, 0.6) is 0 Å². The summed E-state index contributed by atoms with van der Waals surface area (Å²) in [6.45, 7) is 8.67. The number of nitrogens with zero attached hydrogens (tertiary/aromatic N) is 2. The van der Waals surface area contributed by atoms with Crippen molar-refractivity contribution in [3.05, 3.63) is 35.2 Å². The molecular weight excluding hydrogens is 246 g/mol. The van der Waals surface area contributed by atoms with Crippen molar-refractivity contribution in [3.8, 4) is 0 Å². The zero-order valence-electron chi connectivity index (χ0n) is 13.5. The standard InChI is InChI=1S/C17H27N3/c1-11(2)16(19-4)15-12(3)13(10-20(5)6)17(7-8-17)9-14(15)18/h10-11H,3,7-9,18H2,1-2,4-6H3/b13-10+,19-16?. The highest BCUT2D eigenvalue weighted by Gasteiger charge is 2.50. The maximum atomic E-state index is 6.39. The molecule has 3 heteroatoms. The Morgan fingerprint density at radius 2 is 2.00 bits per heavy atom. The fourth-order valence-corrected chi connectivity index (χ4v) is 3.24. The summed E-state index contributed by atoms with van der Waals surface area (Å²) in [7, 11) is 5.98. The summed E-state index contributed by atoms with van der Waals surface area (Å²) in [5.74, 6) is 0.360. The predicted molar refractivity (Wildman–Crippen MR) is 86.6 cm³/mol. The van der Waals surface area contributed by atoms with Crippen molar-refractivity contribution >= 4 is 5.71 Å². The molecule has 110 valence electrons. The second kappa shape index (κ2) is 5.12. The molecule has 20 heavy (non-hydrogen) atoms. The van der Waals surface area contributed by atoms with Crippen LogP contribution in [0.3, 0.4) is 0 Å². The Bertz CT molecular complexity index is 514. The van der Waals surface area contributed by atoms with E-state index in [2.05, 4.69) is 50.6 Å². The Balaban J connectivity index is 2.51. The predicted octanol–water partition coefficient (Wildman–Crippen LogP) is 3.11. The summed E-state index contributed by atoms with van der Waals surface area (Å²) >= 11 is 0. The van der Waals surface area contributed by atoms with Gasteiger partial charge in [0.25, 0.3) is 0 Å². The molecule has 1 spiro atoms. The molecule has 0 aliphatic heterocycles. The summed E-state index contributed by atoms with van der Waals surface area (Å²) < 4.78 is 0. The fourth-order valence-electron chi connectivity index (χ4n) is 3.24. The summed E-state index contributed by atoms with van der Waals surface area (Å²) in [5.41, 5.74) is 12.2. The molecule has 0 aromatic rings. The van der Waals surface area contributed by atoms with Gasteiger partial charge in [-0.1, -0.05) is 20.4 Å². The van der Waals surface area contributed by atoms with Gasteiger partial charge in [-0.3, -0.25) is 4.99 Å². The van der Waals surface area contributed by atoms with Crippen LogP contribution in [0.1, 0.15) is 33.1 Å². The molecule has 0 amide bonds. The van der Waals surface area contributed by atoms with Gasteiger partial charge < -0.3 is 10.6 Å². The topological polar surface area (TPSA) is 41.6 Å². The smallest absolute Gasteiger partial charge is 0.0465 e. The van der Waals surface area contributed by atoms with Gasteiger partial charge in [-0.15, -0.1) is 0 Å². The van der Waals surface area contributed by atoms with Crippen LogP contribution in [-0.2, 0) is 0 Å². The average molecular weight is 273 g/mol. The Morgan fingerprint density at radius 1 is 1.40 bits per heavy atom. The van der Waals surface area contributed by atoms with E-state index in [1.54, 1.807) is 0 Å². The van der Waals surface area contributed by atoms with Gasteiger partial charge in [-0.2, -0.15) is 0 Å². The monoisotopic (exact) mass is 273 g/mol. The molecular formula is C17H27N3. The van der Waals surface area contributed by atoms with Crippen LogP contribution in [0, 0.1) is 11.3 Å². The summed E-state index contributed by atoms with van der Waals surface area (Å²) in [6.07, 6.45) is 5.61. The van der Waals surface area contributed by atoms with E-state index in [4.69, 9.17) is 5.73 Å². The van der Waals surface area contributed by atoms with Crippen molar-refractivity contribution in [1.29, 1.82) is 0 Å². The normalized spacial score (nSPS) is 24.0. The van der Waals surface area contributed by atoms with E-state index in [-0.39, 0.29) is 5.41 Å². The molecule has 0 radical (unpaired) electrons. The summed E-state index contributed by atoms with van der Waals surface area (Å²) in [6, 6.07) is 0. The second-order valence-corrected chi connectivity index (χ2v) is 6.61. The van der Waals surface area contributed by atoms with Crippen LogP contribution in [0.2, 0.25) is 0 Å². The molecule has 0 saturated heterocycles. The van der Waals surface area contributed by atoms with Crippen molar-refractivity contribution in [1.82, 2.24) is 4.90 Å². The number of rotatable bonds is 3. The van der Waals surface area contributed by atoms with E-state index in [0.29, 0.717) is 5.92 Å². The molecule has 1 fully saturated rings. The van der Waals surface area contributed by atoms with Gasteiger partial charge >= 0.3 is 0 Å². The first-order valence-electron chi connectivity index (χ1n) is 7.36. The van der Waals surface area contributed by atoms with E-state index in [1.807, 2.05) is 7.05 Å². The van der Waals surface area contributed by atoms with Crippen LogP contribution < -0.4 is 5.73 Å². The quantitative estimate of drug-likeness (QED) is 0.803. The number of allylic oxidation sites excluding steroid dienone is 4. The van der Waals surface area contributed by atoms with Gasteiger partial charge in [0.2, 0.25) is 0 Å². The minimum atomic E-state index is 0.255. The zero-order chi connectivity index (χ0) is 15.1. The van der Waals surface area contributed by atoms with Crippen molar-refractivity contribution in [2.45, 2.75) is 33.1 Å². The van der Waals surface area contributed by atoms with Crippen molar-refractivity contribution in [2.75, 3.05) is 21.1 Å². The Labute approximate surface area is 122 Å². The molecule has 2 N–H and O–H groups in total. The molecule has 2 aliphatic carbocycles. The van der Waals surface area contributed by atoms with Gasteiger partial charge in [0.1, 0.15) is 0 Å². The minimum absolute atomic E-state index is 0.255. The Hall–Kier alpha value is -1.51. The van der Waals surface area contributed by atoms with Crippen molar-refractivity contribution < 1.29 is 0 Å². The largest absolute Gasteiger partial charge is 0.401 e. The number of aliphatic imine (C=N–C) groups is 1. The molecule has 3 nitrogen and oxygen atoms in total. The molecule has 0 aromatic carbocycles. The SMILES string of the molecule is C=C1C(C(=NC)C(C)C)=C(N)CC2(CC2)/C1=C/N(C)C. The average Bonchev–Trinajstić information content (AvgIpc) is 3.09.